The molecule has 2 rings (SSSR count). The lowest BCUT2D eigenvalue weighted by Crippen LogP contribution is -2.20. The Balaban J connectivity index is 2.28. The molecule has 0 aliphatic carbocycles. The standard InChI is InChI=1S/C13H16N4O2S/c1-15-20(18,19)13-8-10(14)5-6-12(13)17-9-11-4-2-3-7-16-11/h2-8,15,17H,9,14H2,1H3. The zero-order valence-corrected chi connectivity index (χ0v) is 11.8. The monoisotopic (exact) mass is 292 g/mol. The summed E-state index contributed by atoms with van der Waals surface area (Å²) in [5.74, 6) is 0. The van der Waals surface area contributed by atoms with Crippen molar-refractivity contribution < 1.29 is 8.42 Å². The normalized spacial score (nSPS) is 11.2. The first-order valence-corrected chi connectivity index (χ1v) is 7.48. The molecule has 0 saturated carbocycles. The van der Waals surface area contributed by atoms with Crippen LogP contribution in [0.3, 0.4) is 0 Å². The van der Waals surface area contributed by atoms with Crippen molar-refractivity contribution >= 4 is 21.4 Å². The Hall–Kier alpha value is -2.12. The number of aromatic nitrogens is 1. The van der Waals surface area contributed by atoms with Crippen LogP contribution in [0.2, 0.25) is 0 Å². The van der Waals surface area contributed by atoms with Gasteiger partial charge in [0.05, 0.1) is 17.9 Å². The van der Waals surface area contributed by atoms with Crippen LogP contribution in [-0.4, -0.2) is 20.4 Å². The number of benzene rings is 1. The lowest BCUT2D eigenvalue weighted by Gasteiger charge is -2.12. The molecule has 6 nitrogen and oxygen atoms in total. The summed E-state index contributed by atoms with van der Waals surface area (Å²) in [5.41, 5.74) is 7.35. The van der Waals surface area contributed by atoms with E-state index in [0.717, 1.165) is 5.69 Å². The Morgan fingerprint density at radius 3 is 2.70 bits per heavy atom. The van der Waals surface area contributed by atoms with Gasteiger partial charge in [-0.05, 0) is 37.4 Å². The fraction of sp³-hybridized carbons (Fsp3) is 0.154. The van der Waals surface area contributed by atoms with Crippen LogP contribution >= 0.6 is 0 Å². The van der Waals surface area contributed by atoms with Crippen molar-refractivity contribution in [3.05, 3.63) is 48.3 Å². The minimum atomic E-state index is -3.57. The second-order valence-corrected chi connectivity index (χ2v) is 5.99. The molecule has 0 atom stereocenters. The SMILES string of the molecule is CNS(=O)(=O)c1cc(N)ccc1NCc1ccccn1. The van der Waals surface area contributed by atoms with E-state index in [0.29, 0.717) is 17.9 Å². The topological polar surface area (TPSA) is 97.1 Å². The number of rotatable bonds is 5. The molecule has 2 aromatic rings. The highest BCUT2D eigenvalue weighted by molar-refractivity contribution is 7.89. The van der Waals surface area contributed by atoms with Crippen molar-refractivity contribution in [3.63, 3.8) is 0 Å². The molecule has 0 saturated heterocycles. The van der Waals surface area contributed by atoms with E-state index in [1.165, 1.54) is 13.1 Å². The molecular weight excluding hydrogens is 276 g/mol. The first kappa shape index (κ1) is 14.3. The third-order valence-corrected chi connectivity index (χ3v) is 4.20. The summed E-state index contributed by atoms with van der Waals surface area (Å²) in [6.07, 6.45) is 1.69. The van der Waals surface area contributed by atoms with E-state index in [4.69, 9.17) is 5.73 Å². The van der Waals surface area contributed by atoms with Crippen LogP contribution in [0.25, 0.3) is 0 Å². The summed E-state index contributed by atoms with van der Waals surface area (Å²) in [5, 5.41) is 3.06. The third-order valence-electron chi connectivity index (χ3n) is 2.75. The minimum absolute atomic E-state index is 0.121. The van der Waals surface area contributed by atoms with E-state index in [9.17, 15) is 8.42 Å². The highest BCUT2D eigenvalue weighted by Gasteiger charge is 2.16. The van der Waals surface area contributed by atoms with Crippen molar-refractivity contribution in [1.29, 1.82) is 0 Å². The molecule has 106 valence electrons. The number of hydrogen-bond donors (Lipinski definition) is 3. The molecule has 0 fully saturated rings. The maximum Gasteiger partial charge on any atom is 0.242 e. The van der Waals surface area contributed by atoms with E-state index in [1.54, 1.807) is 18.3 Å². The quantitative estimate of drug-likeness (QED) is 0.719. The van der Waals surface area contributed by atoms with E-state index < -0.39 is 10.0 Å². The molecule has 0 bridgehead atoms. The fourth-order valence-corrected chi connectivity index (χ4v) is 2.65. The van der Waals surface area contributed by atoms with E-state index >= 15 is 0 Å². The Bertz CT molecular complexity index is 687. The maximum absolute atomic E-state index is 12.0. The lowest BCUT2D eigenvalue weighted by atomic mass is 10.2. The Morgan fingerprint density at radius 1 is 1.25 bits per heavy atom. The lowest BCUT2D eigenvalue weighted by molar-refractivity contribution is 0.588. The van der Waals surface area contributed by atoms with Crippen LogP contribution in [-0.2, 0) is 16.6 Å². The van der Waals surface area contributed by atoms with Gasteiger partial charge in [0.1, 0.15) is 4.90 Å². The summed E-state index contributed by atoms with van der Waals surface area (Å²) >= 11 is 0. The first-order chi connectivity index (χ1) is 9.53. The summed E-state index contributed by atoms with van der Waals surface area (Å²) in [4.78, 5) is 4.29. The molecule has 4 N–H and O–H groups in total. The number of hydrogen-bond acceptors (Lipinski definition) is 5. The van der Waals surface area contributed by atoms with Gasteiger partial charge >= 0.3 is 0 Å². The summed E-state index contributed by atoms with van der Waals surface area (Å²) in [6, 6.07) is 10.3. The second kappa shape index (κ2) is 5.89. The number of sulfonamides is 1. The highest BCUT2D eigenvalue weighted by atomic mass is 32.2. The van der Waals surface area contributed by atoms with Crippen molar-refractivity contribution in [3.8, 4) is 0 Å². The van der Waals surface area contributed by atoms with Crippen molar-refractivity contribution in [2.24, 2.45) is 0 Å². The molecule has 20 heavy (non-hydrogen) atoms. The number of pyridine rings is 1. The molecule has 1 aromatic carbocycles. The van der Waals surface area contributed by atoms with Gasteiger partial charge in [0.2, 0.25) is 10.0 Å². The molecule has 0 aliphatic rings. The zero-order chi connectivity index (χ0) is 14.6. The number of nitrogen functional groups attached to an aromatic ring is 1. The van der Waals surface area contributed by atoms with Gasteiger partial charge in [-0.1, -0.05) is 6.07 Å². The van der Waals surface area contributed by atoms with Crippen LogP contribution in [0.4, 0.5) is 11.4 Å². The Morgan fingerprint density at radius 2 is 2.05 bits per heavy atom. The molecule has 0 spiro atoms. The van der Waals surface area contributed by atoms with Crippen LogP contribution in [0.15, 0.2) is 47.5 Å². The molecule has 0 radical (unpaired) electrons. The van der Waals surface area contributed by atoms with Gasteiger partial charge in [0, 0.05) is 11.9 Å². The second-order valence-electron chi connectivity index (χ2n) is 4.14. The molecular formula is C13H16N4O2S. The summed E-state index contributed by atoms with van der Waals surface area (Å²) in [6.45, 7) is 0.428. The van der Waals surface area contributed by atoms with Crippen LogP contribution in [0.5, 0.6) is 0 Å². The smallest absolute Gasteiger partial charge is 0.242 e. The predicted octanol–water partition coefficient (Wildman–Crippen LogP) is 1.18. The van der Waals surface area contributed by atoms with Crippen molar-refractivity contribution in [2.45, 2.75) is 11.4 Å². The maximum atomic E-state index is 12.0. The number of nitrogens with two attached hydrogens (primary N) is 1. The molecule has 0 unspecified atom stereocenters. The van der Waals surface area contributed by atoms with Gasteiger partial charge < -0.3 is 11.1 Å². The number of nitrogens with one attached hydrogen (secondary N) is 2. The average Bonchev–Trinajstić information content (AvgIpc) is 2.47. The molecule has 1 aromatic heterocycles. The number of nitrogens with zero attached hydrogens (tertiary/aromatic N) is 1. The fourth-order valence-electron chi connectivity index (χ4n) is 1.71. The zero-order valence-electron chi connectivity index (χ0n) is 11.0. The van der Waals surface area contributed by atoms with Crippen molar-refractivity contribution in [1.82, 2.24) is 9.71 Å². The van der Waals surface area contributed by atoms with Crippen LogP contribution in [0, 0.1) is 0 Å². The van der Waals surface area contributed by atoms with Gasteiger partial charge in [0.15, 0.2) is 0 Å². The molecule has 0 amide bonds. The Kier molecular flexibility index (Phi) is 4.21. The van der Waals surface area contributed by atoms with Gasteiger partial charge in [-0.25, -0.2) is 13.1 Å². The average molecular weight is 292 g/mol. The van der Waals surface area contributed by atoms with Gasteiger partial charge in [-0.2, -0.15) is 0 Å². The van der Waals surface area contributed by atoms with Gasteiger partial charge in [-0.3, -0.25) is 4.98 Å². The highest BCUT2D eigenvalue weighted by Crippen LogP contribution is 2.24. The first-order valence-electron chi connectivity index (χ1n) is 6.00. The molecule has 7 heteroatoms. The summed E-state index contributed by atoms with van der Waals surface area (Å²) < 4.78 is 26.2. The van der Waals surface area contributed by atoms with Gasteiger partial charge in [0.25, 0.3) is 0 Å². The van der Waals surface area contributed by atoms with Crippen molar-refractivity contribution in [2.75, 3.05) is 18.1 Å². The predicted molar refractivity (Wildman–Crippen MR) is 78.7 cm³/mol. The minimum Gasteiger partial charge on any atom is -0.399 e. The van der Waals surface area contributed by atoms with Crippen LogP contribution < -0.4 is 15.8 Å². The number of anilines is 2. The molecule has 0 aliphatic heterocycles. The van der Waals surface area contributed by atoms with E-state index in [2.05, 4.69) is 15.0 Å². The van der Waals surface area contributed by atoms with Gasteiger partial charge in [-0.15, -0.1) is 0 Å². The largest absolute Gasteiger partial charge is 0.399 e. The van der Waals surface area contributed by atoms with Crippen LogP contribution in [0.1, 0.15) is 5.69 Å². The molecule has 1 heterocycles. The summed E-state index contributed by atoms with van der Waals surface area (Å²) in [7, 11) is -2.21. The van der Waals surface area contributed by atoms with E-state index in [1.807, 2.05) is 18.2 Å². The third kappa shape index (κ3) is 3.25. The van der Waals surface area contributed by atoms with E-state index in [-0.39, 0.29) is 4.90 Å². The Labute approximate surface area is 118 Å².